The number of nitrogens with two attached hydrogens (primary N) is 1. The smallest absolute Gasteiger partial charge is 0.122 e. The molecule has 1 aromatic heterocycles. The Balaban J connectivity index is 2.03. The number of rotatable bonds is 5. The van der Waals surface area contributed by atoms with Crippen LogP contribution in [0.5, 0.6) is 0 Å². The minimum Gasteiger partial charge on any atom is -0.337 e. The van der Waals surface area contributed by atoms with Gasteiger partial charge in [-0.05, 0) is 31.8 Å². The van der Waals surface area contributed by atoms with Gasteiger partial charge in [0.1, 0.15) is 5.82 Å². The van der Waals surface area contributed by atoms with E-state index in [0.717, 1.165) is 25.5 Å². The van der Waals surface area contributed by atoms with Gasteiger partial charge >= 0.3 is 0 Å². The van der Waals surface area contributed by atoms with E-state index < -0.39 is 0 Å². The molecular weight excluding hydrogens is 212 g/mol. The molecule has 1 aliphatic rings. The summed E-state index contributed by atoms with van der Waals surface area (Å²) in [5.41, 5.74) is 5.87. The van der Waals surface area contributed by atoms with Crippen LogP contribution in [0.15, 0.2) is 12.4 Å². The lowest BCUT2D eigenvalue weighted by Crippen LogP contribution is -2.40. The first kappa shape index (κ1) is 12.6. The normalized spacial score (nSPS) is 24.7. The molecule has 4 heteroatoms. The van der Waals surface area contributed by atoms with Crippen LogP contribution in [0.4, 0.5) is 0 Å². The minimum absolute atomic E-state index is 0.654. The van der Waals surface area contributed by atoms with Crippen LogP contribution < -0.4 is 5.73 Å². The average molecular weight is 236 g/mol. The Kier molecular flexibility index (Phi) is 4.18. The zero-order valence-electron chi connectivity index (χ0n) is 11.0. The number of imidazole rings is 1. The summed E-state index contributed by atoms with van der Waals surface area (Å²) in [7, 11) is 2.06. The van der Waals surface area contributed by atoms with Crippen LogP contribution in [-0.4, -0.2) is 33.6 Å². The molecule has 1 aliphatic carbocycles. The van der Waals surface area contributed by atoms with Gasteiger partial charge in [-0.1, -0.05) is 13.3 Å². The van der Waals surface area contributed by atoms with Gasteiger partial charge in [0, 0.05) is 25.5 Å². The lowest BCUT2D eigenvalue weighted by molar-refractivity contribution is 0.157. The molecule has 0 saturated heterocycles. The largest absolute Gasteiger partial charge is 0.337 e. The van der Waals surface area contributed by atoms with Crippen molar-refractivity contribution in [3.8, 4) is 0 Å². The van der Waals surface area contributed by atoms with Crippen LogP contribution >= 0.6 is 0 Å². The second kappa shape index (κ2) is 5.65. The van der Waals surface area contributed by atoms with Gasteiger partial charge in [0.15, 0.2) is 0 Å². The van der Waals surface area contributed by atoms with E-state index in [2.05, 4.69) is 28.4 Å². The zero-order chi connectivity index (χ0) is 12.3. The van der Waals surface area contributed by atoms with Gasteiger partial charge < -0.3 is 10.3 Å². The molecule has 0 amide bonds. The van der Waals surface area contributed by atoms with Crippen molar-refractivity contribution in [3.63, 3.8) is 0 Å². The third kappa shape index (κ3) is 2.69. The molecule has 0 aromatic carbocycles. The lowest BCUT2D eigenvalue weighted by atomic mass is 10.0. The summed E-state index contributed by atoms with van der Waals surface area (Å²) in [6.45, 7) is 5.08. The first-order valence-corrected chi connectivity index (χ1v) is 6.66. The van der Waals surface area contributed by atoms with Gasteiger partial charge in [0.05, 0.1) is 6.54 Å². The highest BCUT2D eigenvalue weighted by Gasteiger charge is 2.30. The number of nitrogens with zero attached hydrogens (tertiary/aromatic N) is 3. The highest BCUT2D eigenvalue weighted by Crippen LogP contribution is 2.29. The molecule has 1 heterocycles. The van der Waals surface area contributed by atoms with Crippen molar-refractivity contribution in [3.05, 3.63) is 18.2 Å². The average Bonchev–Trinajstić information content (AvgIpc) is 2.95. The Morgan fingerprint density at radius 2 is 2.35 bits per heavy atom. The maximum absolute atomic E-state index is 5.87. The first-order chi connectivity index (χ1) is 8.26. The highest BCUT2D eigenvalue weighted by molar-refractivity contribution is 4.94. The van der Waals surface area contributed by atoms with Crippen LogP contribution in [0.1, 0.15) is 32.0 Å². The molecular formula is C13H24N4. The molecule has 2 atom stereocenters. The summed E-state index contributed by atoms with van der Waals surface area (Å²) in [6, 6.07) is 0.654. The third-order valence-electron chi connectivity index (χ3n) is 4.06. The van der Waals surface area contributed by atoms with Crippen LogP contribution in [0.25, 0.3) is 0 Å². The Morgan fingerprint density at radius 3 is 2.94 bits per heavy atom. The lowest BCUT2D eigenvalue weighted by Gasteiger charge is -2.31. The number of hydrogen-bond acceptors (Lipinski definition) is 3. The van der Waals surface area contributed by atoms with E-state index in [1.165, 1.54) is 19.3 Å². The molecule has 4 nitrogen and oxygen atoms in total. The Bertz CT molecular complexity index is 347. The molecule has 0 aliphatic heterocycles. The maximum atomic E-state index is 5.87. The molecule has 2 unspecified atom stereocenters. The fraction of sp³-hybridized carbons (Fsp3) is 0.769. The van der Waals surface area contributed by atoms with Crippen LogP contribution in [-0.2, 0) is 13.6 Å². The fourth-order valence-electron chi connectivity index (χ4n) is 2.97. The van der Waals surface area contributed by atoms with E-state index >= 15 is 0 Å². The first-order valence-electron chi connectivity index (χ1n) is 6.66. The summed E-state index contributed by atoms with van der Waals surface area (Å²) in [5.74, 6) is 1.82. The molecule has 2 N–H and O–H groups in total. The summed E-state index contributed by atoms with van der Waals surface area (Å²) in [4.78, 5) is 6.95. The number of hydrogen-bond donors (Lipinski definition) is 1. The van der Waals surface area contributed by atoms with Gasteiger partial charge in [0.25, 0.3) is 0 Å². The van der Waals surface area contributed by atoms with E-state index in [1.54, 1.807) is 0 Å². The van der Waals surface area contributed by atoms with Crippen molar-refractivity contribution in [2.24, 2.45) is 18.7 Å². The fourth-order valence-corrected chi connectivity index (χ4v) is 2.97. The molecule has 1 saturated carbocycles. The molecule has 1 aromatic rings. The Morgan fingerprint density at radius 1 is 1.53 bits per heavy atom. The van der Waals surface area contributed by atoms with Gasteiger partial charge in [-0.3, -0.25) is 4.90 Å². The van der Waals surface area contributed by atoms with E-state index in [0.29, 0.717) is 12.0 Å². The minimum atomic E-state index is 0.654. The Hall–Kier alpha value is -0.870. The monoisotopic (exact) mass is 236 g/mol. The van der Waals surface area contributed by atoms with E-state index in [-0.39, 0.29) is 0 Å². The summed E-state index contributed by atoms with van der Waals surface area (Å²) >= 11 is 0. The summed E-state index contributed by atoms with van der Waals surface area (Å²) < 4.78 is 2.11. The molecule has 96 valence electrons. The predicted molar refractivity (Wildman–Crippen MR) is 69.5 cm³/mol. The van der Waals surface area contributed by atoms with E-state index in [9.17, 15) is 0 Å². The molecule has 0 radical (unpaired) electrons. The second-order valence-electron chi connectivity index (χ2n) is 5.01. The zero-order valence-corrected chi connectivity index (χ0v) is 11.0. The van der Waals surface area contributed by atoms with Gasteiger partial charge in [-0.2, -0.15) is 0 Å². The van der Waals surface area contributed by atoms with E-state index in [1.807, 2.05) is 12.4 Å². The second-order valence-corrected chi connectivity index (χ2v) is 5.01. The predicted octanol–water partition coefficient (Wildman–Crippen LogP) is 1.37. The third-order valence-corrected chi connectivity index (χ3v) is 4.06. The summed E-state index contributed by atoms with van der Waals surface area (Å²) in [5, 5.41) is 0. The van der Waals surface area contributed by atoms with E-state index in [4.69, 9.17) is 5.73 Å². The highest BCUT2D eigenvalue weighted by atomic mass is 15.2. The molecule has 2 rings (SSSR count). The number of aromatic nitrogens is 2. The van der Waals surface area contributed by atoms with Crippen LogP contribution in [0, 0.1) is 5.92 Å². The van der Waals surface area contributed by atoms with Crippen molar-refractivity contribution in [2.45, 2.75) is 38.8 Å². The van der Waals surface area contributed by atoms with Crippen molar-refractivity contribution in [1.29, 1.82) is 0 Å². The van der Waals surface area contributed by atoms with Crippen molar-refractivity contribution < 1.29 is 0 Å². The quantitative estimate of drug-likeness (QED) is 0.840. The van der Waals surface area contributed by atoms with Gasteiger partial charge in [0.2, 0.25) is 0 Å². The maximum Gasteiger partial charge on any atom is 0.122 e. The molecule has 0 spiro atoms. The van der Waals surface area contributed by atoms with Crippen molar-refractivity contribution >= 4 is 0 Å². The SMILES string of the molecule is CCN(Cc1nccn1C)C1CCCC1CN. The standard InChI is InChI=1S/C13H24N4/c1-3-17(10-13-15-7-8-16(13)2)12-6-4-5-11(12)9-14/h7-8,11-12H,3-6,9-10,14H2,1-2H3. The molecule has 17 heavy (non-hydrogen) atoms. The van der Waals surface area contributed by atoms with Crippen molar-refractivity contribution in [2.75, 3.05) is 13.1 Å². The molecule has 0 bridgehead atoms. The van der Waals surface area contributed by atoms with Crippen molar-refractivity contribution in [1.82, 2.24) is 14.5 Å². The van der Waals surface area contributed by atoms with Crippen LogP contribution in [0.2, 0.25) is 0 Å². The number of aryl methyl sites for hydroxylation is 1. The van der Waals surface area contributed by atoms with Gasteiger partial charge in [-0.15, -0.1) is 0 Å². The van der Waals surface area contributed by atoms with Gasteiger partial charge in [-0.25, -0.2) is 4.98 Å². The Labute approximate surface area is 104 Å². The summed E-state index contributed by atoms with van der Waals surface area (Å²) in [6.07, 6.45) is 7.79. The topological polar surface area (TPSA) is 47.1 Å². The molecule has 1 fully saturated rings. The van der Waals surface area contributed by atoms with Crippen LogP contribution in [0.3, 0.4) is 0 Å².